The fraction of sp³-hybridized carbons (Fsp3) is 0. The summed E-state index contributed by atoms with van der Waals surface area (Å²) >= 11 is 3.87. The molecule has 0 aliphatic carbocycles. The van der Waals surface area contributed by atoms with Crippen molar-refractivity contribution >= 4 is 95.3 Å². The van der Waals surface area contributed by atoms with Crippen molar-refractivity contribution in [1.29, 1.82) is 0 Å². The van der Waals surface area contributed by atoms with Crippen LogP contribution in [0.2, 0.25) is 0 Å². The van der Waals surface area contributed by atoms with Crippen LogP contribution >= 0.6 is 22.7 Å². The number of fused-ring (bicyclic) bond motifs is 10. The summed E-state index contributed by atoms with van der Waals surface area (Å²) in [5.41, 5.74) is 10.2. The normalized spacial score (nSPS) is 11.9. The Labute approximate surface area is 332 Å². The molecule has 0 unspecified atom stereocenters. The van der Waals surface area contributed by atoms with Crippen molar-refractivity contribution in [3.8, 4) is 44.5 Å². The minimum atomic E-state index is 1.24. The lowest BCUT2D eigenvalue weighted by Crippen LogP contribution is -1.92. The fourth-order valence-electron chi connectivity index (χ4n) is 9.21. The second kappa shape index (κ2) is 12.5. The topological polar surface area (TPSA) is 0 Å². The average molecular weight is 745 g/mol. The molecule has 12 aromatic rings. The Morgan fingerprint density at radius 3 is 1.38 bits per heavy atom. The van der Waals surface area contributed by atoms with Crippen LogP contribution < -0.4 is 0 Å². The summed E-state index contributed by atoms with van der Waals surface area (Å²) in [6, 6.07) is 71.9. The lowest BCUT2D eigenvalue weighted by Gasteiger charge is -2.19. The number of hydrogen-bond acceptors (Lipinski definition) is 2. The molecule has 2 aromatic heterocycles. The Hall–Kier alpha value is -6.58. The van der Waals surface area contributed by atoms with Crippen molar-refractivity contribution in [2.24, 2.45) is 0 Å². The maximum atomic E-state index is 2.46. The first kappa shape index (κ1) is 31.7. The number of benzene rings is 10. The molecule has 0 saturated carbocycles. The maximum absolute atomic E-state index is 2.46. The monoisotopic (exact) mass is 744 g/mol. The molecule has 0 N–H and O–H groups in total. The highest BCUT2D eigenvalue weighted by atomic mass is 32.1. The van der Waals surface area contributed by atoms with Crippen LogP contribution in [-0.2, 0) is 0 Å². The molecule has 0 spiro atoms. The van der Waals surface area contributed by atoms with Gasteiger partial charge in [0, 0.05) is 30.9 Å². The van der Waals surface area contributed by atoms with Gasteiger partial charge in [-0.1, -0.05) is 182 Å². The molecule has 0 aliphatic rings. The highest BCUT2D eigenvalue weighted by molar-refractivity contribution is 7.33. The smallest absolute Gasteiger partial charge is 0.0534 e. The van der Waals surface area contributed by atoms with Gasteiger partial charge in [-0.3, -0.25) is 0 Å². The highest BCUT2D eigenvalue weighted by Crippen LogP contribution is 2.50. The molecule has 0 aliphatic heterocycles. The quantitative estimate of drug-likeness (QED) is 0.157. The van der Waals surface area contributed by atoms with E-state index in [1.165, 1.54) is 117 Å². The molecular weight excluding hydrogens is 713 g/mol. The summed E-state index contributed by atoms with van der Waals surface area (Å²) in [7, 11) is 0. The van der Waals surface area contributed by atoms with E-state index in [-0.39, 0.29) is 0 Å². The highest BCUT2D eigenvalue weighted by Gasteiger charge is 2.21. The van der Waals surface area contributed by atoms with Crippen LogP contribution in [0.1, 0.15) is 0 Å². The average Bonchev–Trinajstić information content (AvgIpc) is 3.84. The van der Waals surface area contributed by atoms with Crippen LogP contribution in [0.25, 0.3) is 117 Å². The first-order chi connectivity index (χ1) is 27.8. The molecular formula is C54H32S2. The Bertz CT molecular complexity index is 3460. The number of hydrogen-bond donors (Lipinski definition) is 0. The second-order valence-corrected chi connectivity index (χ2v) is 16.8. The molecule has 0 amide bonds. The number of rotatable bonds is 4. The molecule has 0 radical (unpaired) electrons. The zero-order chi connectivity index (χ0) is 36.7. The van der Waals surface area contributed by atoms with Gasteiger partial charge in [-0.25, -0.2) is 0 Å². The van der Waals surface area contributed by atoms with E-state index < -0.39 is 0 Å². The van der Waals surface area contributed by atoms with E-state index in [1.807, 2.05) is 22.7 Å². The van der Waals surface area contributed by atoms with Crippen LogP contribution in [0.3, 0.4) is 0 Å². The molecule has 260 valence electrons. The molecule has 0 bridgehead atoms. The van der Waals surface area contributed by atoms with E-state index >= 15 is 0 Å². The molecule has 0 nitrogen and oxygen atoms in total. The largest absolute Gasteiger partial charge is 0.134 e. The lowest BCUT2D eigenvalue weighted by atomic mass is 9.83. The van der Waals surface area contributed by atoms with Gasteiger partial charge in [0.05, 0.1) is 9.40 Å². The van der Waals surface area contributed by atoms with Gasteiger partial charge >= 0.3 is 0 Å². The molecule has 0 saturated heterocycles. The van der Waals surface area contributed by atoms with Gasteiger partial charge in [0.25, 0.3) is 0 Å². The van der Waals surface area contributed by atoms with Gasteiger partial charge < -0.3 is 0 Å². The predicted octanol–water partition coefficient (Wildman–Crippen LogP) is 16.5. The standard InChI is InChI=1S/C54H32S2/c1-3-14-33(15-4-1)36-27-28-44(39-19-8-7-18-38(36)39)51-42-22-11-9-20-40(42)50(41-21-10-12-23-43(41)51)35-26-31-49-48(32-35)47-30-29-46-45-25-13-24-37(34-16-5-2-6-17-34)52(45)56-54(46)53(47)55-49/h1-32H. The van der Waals surface area contributed by atoms with Crippen molar-refractivity contribution in [3.05, 3.63) is 194 Å². The van der Waals surface area contributed by atoms with Gasteiger partial charge in [0.1, 0.15) is 0 Å². The van der Waals surface area contributed by atoms with Crippen molar-refractivity contribution in [1.82, 2.24) is 0 Å². The Morgan fingerprint density at radius 1 is 0.232 bits per heavy atom. The minimum Gasteiger partial charge on any atom is -0.134 e. The molecule has 2 heterocycles. The van der Waals surface area contributed by atoms with E-state index in [2.05, 4.69) is 194 Å². The van der Waals surface area contributed by atoms with Crippen LogP contribution in [0.15, 0.2) is 194 Å². The van der Waals surface area contributed by atoms with E-state index in [0.29, 0.717) is 0 Å². The predicted molar refractivity (Wildman–Crippen MR) is 246 cm³/mol. The third-order valence-corrected chi connectivity index (χ3v) is 14.3. The summed E-state index contributed by atoms with van der Waals surface area (Å²) in [5.74, 6) is 0. The van der Waals surface area contributed by atoms with Gasteiger partial charge in [0.2, 0.25) is 0 Å². The zero-order valence-corrected chi connectivity index (χ0v) is 31.9. The van der Waals surface area contributed by atoms with Crippen LogP contribution in [0.4, 0.5) is 0 Å². The summed E-state index contributed by atoms with van der Waals surface area (Å²) in [6.45, 7) is 0. The van der Waals surface area contributed by atoms with Crippen LogP contribution in [0.5, 0.6) is 0 Å². The lowest BCUT2D eigenvalue weighted by molar-refractivity contribution is 1.64. The zero-order valence-electron chi connectivity index (χ0n) is 30.3. The van der Waals surface area contributed by atoms with Crippen molar-refractivity contribution < 1.29 is 0 Å². The molecule has 12 rings (SSSR count). The molecule has 0 fully saturated rings. The van der Waals surface area contributed by atoms with Gasteiger partial charge in [0.15, 0.2) is 0 Å². The molecule has 10 aromatic carbocycles. The van der Waals surface area contributed by atoms with Gasteiger partial charge in [-0.15, -0.1) is 22.7 Å². The van der Waals surface area contributed by atoms with Crippen LogP contribution in [0, 0.1) is 0 Å². The fourth-order valence-corrected chi connectivity index (χ4v) is 11.9. The van der Waals surface area contributed by atoms with E-state index in [9.17, 15) is 0 Å². The van der Waals surface area contributed by atoms with Crippen molar-refractivity contribution in [2.75, 3.05) is 0 Å². The molecule has 0 atom stereocenters. The second-order valence-electron chi connectivity index (χ2n) is 14.7. The van der Waals surface area contributed by atoms with Gasteiger partial charge in [-0.05, 0) is 89.0 Å². The third-order valence-electron chi connectivity index (χ3n) is 11.7. The van der Waals surface area contributed by atoms with E-state index in [1.54, 1.807) is 0 Å². The first-order valence-corrected chi connectivity index (χ1v) is 20.8. The summed E-state index contributed by atoms with van der Waals surface area (Å²) < 4.78 is 5.45. The Balaban J connectivity index is 1.09. The number of thiophene rings is 2. The first-order valence-electron chi connectivity index (χ1n) is 19.2. The van der Waals surface area contributed by atoms with Gasteiger partial charge in [-0.2, -0.15) is 0 Å². The van der Waals surface area contributed by atoms with E-state index in [4.69, 9.17) is 0 Å². The Morgan fingerprint density at radius 2 is 0.714 bits per heavy atom. The maximum Gasteiger partial charge on any atom is 0.0534 e. The van der Waals surface area contributed by atoms with Crippen LogP contribution in [-0.4, -0.2) is 0 Å². The SMILES string of the molecule is c1ccc(-c2ccc(-c3c4ccccc4c(-c4ccc5sc6c(ccc7c8cccc(-c9ccccc9)c8sc76)c5c4)c4ccccc34)c3ccccc23)cc1. The third kappa shape index (κ3) is 4.70. The minimum absolute atomic E-state index is 1.24. The summed E-state index contributed by atoms with van der Waals surface area (Å²) in [6.07, 6.45) is 0. The van der Waals surface area contributed by atoms with Crippen molar-refractivity contribution in [3.63, 3.8) is 0 Å². The summed E-state index contributed by atoms with van der Waals surface area (Å²) in [5, 5.41) is 13.0. The molecule has 56 heavy (non-hydrogen) atoms. The molecule has 2 heteroatoms. The Kier molecular flexibility index (Phi) is 7.07. The van der Waals surface area contributed by atoms with Crippen molar-refractivity contribution in [2.45, 2.75) is 0 Å². The summed E-state index contributed by atoms with van der Waals surface area (Å²) in [4.78, 5) is 0. The van der Waals surface area contributed by atoms with E-state index in [0.717, 1.165) is 0 Å².